The average molecular weight is 352 g/mol. The van der Waals surface area contributed by atoms with Gasteiger partial charge in [0.1, 0.15) is 5.56 Å². The predicted octanol–water partition coefficient (Wildman–Crippen LogP) is 3.44. The van der Waals surface area contributed by atoms with Crippen LogP contribution in [0.15, 0.2) is 36.5 Å². The largest absolute Gasteiger partial charge is 0.480 e. The van der Waals surface area contributed by atoms with E-state index >= 15 is 0 Å². The van der Waals surface area contributed by atoms with Gasteiger partial charge in [-0.2, -0.15) is 0 Å². The Bertz CT molecular complexity index is 824. The highest BCUT2D eigenvalue weighted by molar-refractivity contribution is 6.00. The number of benzene rings is 1. The van der Waals surface area contributed by atoms with Crippen molar-refractivity contribution in [3.05, 3.63) is 58.8 Å². The number of carbonyl (C=O) groups is 2. The number of hydrogen-bond acceptors (Lipinski definition) is 4. The lowest BCUT2D eigenvalue weighted by molar-refractivity contribution is 0.0646. The van der Waals surface area contributed by atoms with Gasteiger partial charge in [0.05, 0.1) is 7.11 Å². The van der Waals surface area contributed by atoms with E-state index in [1.165, 1.54) is 7.11 Å². The average Bonchev–Trinajstić information content (AvgIpc) is 2.67. The van der Waals surface area contributed by atoms with E-state index in [-0.39, 0.29) is 17.6 Å². The fourth-order valence-corrected chi connectivity index (χ4v) is 3.54. The summed E-state index contributed by atoms with van der Waals surface area (Å²) in [5.41, 5.74) is 3.45. The van der Waals surface area contributed by atoms with Crippen LogP contribution in [0.5, 0.6) is 5.88 Å². The van der Waals surface area contributed by atoms with Crippen LogP contribution in [0.2, 0.25) is 0 Å². The van der Waals surface area contributed by atoms with Gasteiger partial charge >= 0.3 is 0 Å². The minimum atomic E-state index is -0.0904. The second kappa shape index (κ2) is 7.68. The zero-order chi connectivity index (χ0) is 18.7. The number of hydrogen-bond donors (Lipinski definition) is 0. The van der Waals surface area contributed by atoms with E-state index in [4.69, 9.17) is 4.74 Å². The summed E-state index contributed by atoms with van der Waals surface area (Å²) in [6, 6.07) is 9.40. The molecule has 0 spiro atoms. The minimum Gasteiger partial charge on any atom is -0.480 e. The Labute approximate surface area is 154 Å². The normalized spacial score (nSPS) is 15.0. The molecule has 1 aromatic carbocycles. The zero-order valence-corrected chi connectivity index (χ0v) is 15.5. The highest BCUT2D eigenvalue weighted by Crippen LogP contribution is 2.26. The fraction of sp³-hybridized carbons (Fsp3) is 0.381. The van der Waals surface area contributed by atoms with E-state index < -0.39 is 0 Å². The van der Waals surface area contributed by atoms with Gasteiger partial charge in [0.15, 0.2) is 5.78 Å². The Balaban J connectivity index is 1.67. The summed E-state index contributed by atoms with van der Waals surface area (Å²) in [5, 5.41) is 0. The maximum atomic E-state index is 12.8. The van der Waals surface area contributed by atoms with Gasteiger partial charge in [-0.05, 0) is 44.4 Å². The molecule has 1 amide bonds. The van der Waals surface area contributed by atoms with Crippen LogP contribution in [-0.4, -0.2) is 41.8 Å². The van der Waals surface area contributed by atoms with E-state index in [1.54, 1.807) is 23.2 Å². The molecule has 2 heterocycles. The van der Waals surface area contributed by atoms with Gasteiger partial charge in [0.25, 0.3) is 5.91 Å². The van der Waals surface area contributed by atoms with Crippen molar-refractivity contribution < 1.29 is 14.3 Å². The first-order chi connectivity index (χ1) is 12.5. The molecular weight excluding hydrogens is 328 g/mol. The van der Waals surface area contributed by atoms with E-state index in [1.807, 2.05) is 32.0 Å². The molecule has 136 valence electrons. The van der Waals surface area contributed by atoms with Gasteiger partial charge in [-0.3, -0.25) is 9.59 Å². The van der Waals surface area contributed by atoms with E-state index in [9.17, 15) is 9.59 Å². The van der Waals surface area contributed by atoms with Gasteiger partial charge in [-0.25, -0.2) is 4.98 Å². The number of ether oxygens (including phenoxy) is 1. The number of nitrogens with zero attached hydrogens (tertiary/aromatic N) is 2. The molecule has 1 aliphatic rings. The number of methoxy groups -OCH3 is 1. The first kappa shape index (κ1) is 18.1. The van der Waals surface area contributed by atoms with Gasteiger partial charge in [-0.1, -0.05) is 23.8 Å². The van der Waals surface area contributed by atoms with Crippen LogP contribution in [0.25, 0.3) is 0 Å². The molecule has 0 aliphatic carbocycles. The number of carbonyl (C=O) groups excluding carboxylic acids is 2. The molecule has 1 aliphatic heterocycles. The number of aromatic nitrogens is 1. The summed E-state index contributed by atoms with van der Waals surface area (Å²) < 4.78 is 5.18. The van der Waals surface area contributed by atoms with Gasteiger partial charge < -0.3 is 9.64 Å². The smallest absolute Gasteiger partial charge is 0.259 e. The van der Waals surface area contributed by atoms with Crippen LogP contribution in [-0.2, 0) is 0 Å². The molecule has 3 rings (SSSR count). The van der Waals surface area contributed by atoms with Crippen molar-refractivity contribution in [2.24, 2.45) is 5.92 Å². The van der Waals surface area contributed by atoms with Crippen molar-refractivity contribution in [2.45, 2.75) is 26.7 Å². The molecule has 2 aromatic rings. The summed E-state index contributed by atoms with van der Waals surface area (Å²) in [6.07, 6.45) is 2.96. The molecule has 5 nitrogen and oxygen atoms in total. The lowest BCUT2D eigenvalue weighted by atomic mass is 9.87. The van der Waals surface area contributed by atoms with E-state index in [0.717, 1.165) is 16.7 Å². The third-order valence-corrected chi connectivity index (χ3v) is 5.00. The van der Waals surface area contributed by atoms with Crippen molar-refractivity contribution in [1.29, 1.82) is 0 Å². The van der Waals surface area contributed by atoms with Crippen LogP contribution in [0.1, 0.15) is 44.7 Å². The third-order valence-electron chi connectivity index (χ3n) is 5.00. The highest BCUT2D eigenvalue weighted by Gasteiger charge is 2.30. The molecule has 0 unspecified atom stereocenters. The van der Waals surface area contributed by atoms with Gasteiger partial charge in [0, 0.05) is 30.8 Å². The Morgan fingerprint density at radius 2 is 1.85 bits per heavy atom. The summed E-state index contributed by atoms with van der Waals surface area (Å²) in [6.45, 7) is 5.14. The summed E-state index contributed by atoms with van der Waals surface area (Å²) in [4.78, 5) is 31.5. The van der Waals surface area contributed by atoms with Crippen LogP contribution >= 0.6 is 0 Å². The van der Waals surface area contributed by atoms with Gasteiger partial charge in [0.2, 0.25) is 5.88 Å². The molecular formula is C21H24N2O3. The number of piperidine rings is 1. The standard InChI is InChI=1S/C21H24N2O3/c1-14-6-7-17(15(2)13-14)19(24)16-8-11-23(12-9-16)21(25)18-5-4-10-22-20(18)26-3/h4-7,10,13,16H,8-9,11-12H2,1-3H3. The number of pyridine rings is 1. The minimum absolute atomic E-state index is 0.0312. The van der Waals surface area contributed by atoms with Crippen LogP contribution < -0.4 is 4.74 Å². The van der Waals surface area contributed by atoms with Crippen molar-refractivity contribution in [1.82, 2.24) is 9.88 Å². The Morgan fingerprint density at radius 3 is 2.50 bits per heavy atom. The molecule has 0 saturated carbocycles. The Hall–Kier alpha value is -2.69. The number of rotatable bonds is 4. The van der Waals surface area contributed by atoms with Gasteiger partial charge in [-0.15, -0.1) is 0 Å². The number of likely N-dealkylation sites (tertiary alicyclic amines) is 1. The summed E-state index contributed by atoms with van der Waals surface area (Å²) >= 11 is 0. The second-order valence-corrected chi connectivity index (χ2v) is 6.81. The number of amides is 1. The maximum Gasteiger partial charge on any atom is 0.259 e. The zero-order valence-electron chi connectivity index (χ0n) is 15.5. The monoisotopic (exact) mass is 352 g/mol. The number of ketones is 1. The maximum absolute atomic E-state index is 12.8. The quantitative estimate of drug-likeness (QED) is 0.791. The molecule has 1 saturated heterocycles. The van der Waals surface area contributed by atoms with Crippen molar-refractivity contribution in [2.75, 3.05) is 20.2 Å². The first-order valence-corrected chi connectivity index (χ1v) is 8.91. The topological polar surface area (TPSA) is 59.5 Å². The molecule has 0 radical (unpaired) electrons. The fourth-order valence-electron chi connectivity index (χ4n) is 3.54. The molecule has 26 heavy (non-hydrogen) atoms. The lowest BCUT2D eigenvalue weighted by Crippen LogP contribution is -2.40. The van der Waals surface area contributed by atoms with Crippen molar-refractivity contribution in [3.8, 4) is 5.88 Å². The third kappa shape index (κ3) is 3.62. The molecule has 1 aromatic heterocycles. The molecule has 5 heteroatoms. The molecule has 0 N–H and O–H groups in total. The Morgan fingerprint density at radius 1 is 1.12 bits per heavy atom. The van der Waals surface area contributed by atoms with Crippen LogP contribution in [0.3, 0.4) is 0 Å². The number of Topliss-reactive ketones (excluding diaryl/α,β-unsaturated/α-hetero) is 1. The Kier molecular flexibility index (Phi) is 5.35. The van der Waals surface area contributed by atoms with Crippen LogP contribution in [0, 0.1) is 19.8 Å². The number of aryl methyl sites for hydroxylation is 2. The lowest BCUT2D eigenvalue weighted by Gasteiger charge is -2.31. The predicted molar refractivity (Wildman–Crippen MR) is 99.7 cm³/mol. The summed E-state index contributed by atoms with van der Waals surface area (Å²) in [5.74, 6) is 0.406. The molecule has 0 atom stereocenters. The first-order valence-electron chi connectivity index (χ1n) is 8.91. The van der Waals surface area contributed by atoms with Crippen molar-refractivity contribution in [3.63, 3.8) is 0 Å². The molecule has 1 fully saturated rings. The second-order valence-electron chi connectivity index (χ2n) is 6.81. The van der Waals surface area contributed by atoms with Crippen LogP contribution in [0.4, 0.5) is 0 Å². The van der Waals surface area contributed by atoms with E-state index in [0.29, 0.717) is 37.4 Å². The van der Waals surface area contributed by atoms with Crippen molar-refractivity contribution >= 4 is 11.7 Å². The SMILES string of the molecule is COc1ncccc1C(=O)N1CCC(C(=O)c2ccc(C)cc2C)CC1. The summed E-state index contributed by atoms with van der Waals surface area (Å²) in [7, 11) is 1.51. The van der Waals surface area contributed by atoms with E-state index in [2.05, 4.69) is 4.98 Å². The highest BCUT2D eigenvalue weighted by atomic mass is 16.5. The molecule has 0 bridgehead atoms.